The Morgan fingerprint density at radius 2 is 1.89 bits per heavy atom. The number of nitrogens with one attached hydrogen (secondary N) is 2. The minimum atomic E-state index is -0.0985. The fraction of sp³-hybridized carbons (Fsp3) is 0.350. The molecule has 3 rings (SSSR count). The lowest BCUT2D eigenvalue weighted by Gasteiger charge is -2.32. The largest absolute Gasteiger partial charge is 0.481 e. The van der Waals surface area contributed by atoms with Crippen LogP contribution in [0.1, 0.15) is 28.8 Å². The fourth-order valence-corrected chi connectivity index (χ4v) is 3.01. The summed E-state index contributed by atoms with van der Waals surface area (Å²) in [4.78, 5) is 30.4. The van der Waals surface area contributed by atoms with Gasteiger partial charge in [-0.1, -0.05) is 24.3 Å². The maximum Gasteiger partial charge on any atom is 0.317 e. The number of hydrogen-bond acceptors (Lipinski definition) is 4. The van der Waals surface area contributed by atoms with E-state index in [0.29, 0.717) is 31.1 Å². The van der Waals surface area contributed by atoms with Crippen LogP contribution in [0.2, 0.25) is 0 Å². The van der Waals surface area contributed by atoms with Crippen molar-refractivity contribution in [1.29, 1.82) is 0 Å². The molecule has 0 atom stereocenters. The van der Waals surface area contributed by atoms with E-state index >= 15 is 0 Å². The van der Waals surface area contributed by atoms with Crippen LogP contribution in [0.3, 0.4) is 0 Å². The number of ether oxygens (including phenoxy) is 1. The van der Waals surface area contributed by atoms with Crippen molar-refractivity contribution >= 4 is 11.9 Å². The van der Waals surface area contributed by atoms with Crippen LogP contribution in [-0.2, 0) is 6.54 Å². The van der Waals surface area contributed by atoms with Crippen LogP contribution in [0.15, 0.2) is 48.7 Å². The van der Waals surface area contributed by atoms with Gasteiger partial charge < -0.3 is 20.3 Å². The van der Waals surface area contributed by atoms with Crippen molar-refractivity contribution in [2.75, 3.05) is 20.2 Å². The summed E-state index contributed by atoms with van der Waals surface area (Å²) in [6.45, 7) is 1.65. The summed E-state index contributed by atoms with van der Waals surface area (Å²) in [5.74, 6) is 0.482. The van der Waals surface area contributed by atoms with E-state index in [0.717, 1.165) is 18.4 Å². The van der Waals surface area contributed by atoms with Gasteiger partial charge in [0.2, 0.25) is 5.88 Å². The summed E-state index contributed by atoms with van der Waals surface area (Å²) in [7, 11) is 1.57. The van der Waals surface area contributed by atoms with Crippen LogP contribution >= 0.6 is 0 Å². The maximum atomic E-state index is 12.3. The zero-order chi connectivity index (χ0) is 19.1. The molecule has 2 N–H and O–H groups in total. The number of rotatable bonds is 5. The van der Waals surface area contributed by atoms with Crippen LogP contribution in [0.4, 0.5) is 4.79 Å². The topological polar surface area (TPSA) is 83.6 Å². The molecule has 0 aliphatic carbocycles. The zero-order valence-electron chi connectivity index (χ0n) is 15.4. The van der Waals surface area contributed by atoms with Gasteiger partial charge in [-0.3, -0.25) is 4.79 Å². The standard InChI is InChI=1S/C20H24N4O3/c1-27-18-8-7-15(13-21-18)14-22-20(26)24-11-9-17(10-12-24)23-19(25)16-5-3-2-4-6-16/h2-8,13,17H,9-12,14H2,1H3,(H,22,26)(H,23,25). The van der Waals surface area contributed by atoms with Gasteiger partial charge in [0.05, 0.1) is 7.11 Å². The number of pyridine rings is 1. The second-order valence-corrected chi connectivity index (χ2v) is 6.47. The van der Waals surface area contributed by atoms with Gasteiger partial charge in [-0.25, -0.2) is 9.78 Å². The van der Waals surface area contributed by atoms with E-state index in [1.807, 2.05) is 24.3 Å². The summed E-state index contributed by atoms with van der Waals surface area (Å²) in [5, 5.41) is 5.95. The molecule has 1 aromatic carbocycles. The first-order valence-corrected chi connectivity index (χ1v) is 9.03. The molecule has 142 valence electrons. The third kappa shape index (κ3) is 5.20. The SMILES string of the molecule is COc1ccc(CNC(=O)N2CCC(NC(=O)c3ccccc3)CC2)cn1. The van der Waals surface area contributed by atoms with E-state index < -0.39 is 0 Å². The Morgan fingerprint density at radius 1 is 1.15 bits per heavy atom. The second-order valence-electron chi connectivity index (χ2n) is 6.47. The molecular weight excluding hydrogens is 344 g/mol. The molecule has 7 nitrogen and oxygen atoms in total. The first kappa shape index (κ1) is 18.7. The van der Waals surface area contributed by atoms with Gasteiger partial charge in [0.1, 0.15) is 0 Å². The van der Waals surface area contributed by atoms with E-state index in [1.165, 1.54) is 0 Å². The normalized spacial score (nSPS) is 14.5. The maximum absolute atomic E-state index is 12.3. The van der Waals surface area contributed by atoms with E-state index in [-0.39, 0.29) is 18.0 Å². The molecule has 2 aromatic rings. The van der Waals surface area contributed by atoms with E-state index in [4.69, 9.17) is 4.74 Å². The Morgan fingerprint density at radius 3 is 2.52 bits per heavy atom. The van der Waals surface area contributed by atoms with Crippen molar-refractivity contribution < 1.29 is 14.3 Å². The molecule has 0 spiro atoms. The van der Waals surface area contributed by atoms with Gasteiger partial charge in [-0.15, -0.1) is 0 Å². The third-order valence-electron chi connectivity index (χ3n) is 4.60. The molecule has 0 radical (unpaired) electrons. The molecule has 1 saturated heterocycles. The van der Waals surface area contributed by atoms with Crippen molar-refractivity contribution in [3.8, 4) is 5.88 Å². The minimum Gasteiger partial charge on any atom is -0.481 e. The lowest BCUT2D eigenvalue weighted by Crippen LogP contribution is -2.49. The second kappa shape index (κ2) is 9.02. The summed E-state index contributed by atoms with van der Waals surface area (Å²) in [6, 6.07) is 12.8. The molecule has 2 heterocycles. The predicted octanol–water partition coefficient (Wildman–Crippen LogP) is 2.19. The van der Waals surface area contributed by atoms with Crippen LogP contribution < -0.4 is 15.4 Å². The first-order chi connectivity index (χ1) is 13.2. The van der Waals surface area contributed by atoms with E-state index in [9.17, 15) is 9.59 Å². The average molecular weight is 368 g/mol. The fourth-order valence-electron chi connectivity index (χ4n) is 3.01. The number of hydrogen-bond donors (Lipinski definition) is 2. The molecule has 27 heavy (non-hydrogen) atoms. The number of amides is 3. The van der Waals surface area contributed by atoms with Crippen molar-refractivity contribution in [3.05, 3.63) is 59.8 Å². The lowest BCUT2D eigenvalue weighted by atomic mass is 10.0. The molecule has 1 aliphatic heterocycles. The predicted molar refractivity (Wildman–Crippen MR) is 102 cm³/mol. The number of carbonyl (C=O) groups excluding carboxylic acids is 2. The van der Waals surface area contributed by atoms with Gasteiger partial charge in [-0.05, 0) is 30.5 Å². The Labute approximate surface area is 158 Å². The highest BCUT2D eigenvalue weighted by atomic mass is 16.5. The van der Waals surface area contributed by atoms with Crippen LogP contribution in [-0.4, -0.2) is 48.1 Å². The number of methoxy groups -OCH3 is 1. The zero-order valence-corrected chi connectivity index (χ0v) is 15.4. The smallest absolute Gasteiger partial charge is 0.317 e. The number of urea groups is 1. The van der Waals surface area contributed by atoms with Crippen molar-refractivity contribution in [2.45, 2.75) is 25.4 Å². The molecule has 3 amide bonds. The average Bonchev–Trinajstić information content (AvgIpc) is 2.73. The van der Waals surface area contributed by atoms with Crippen LogP contribution in [0.5, 0.6) is 5.88 Å². The van der Waals surface area contributed by atoms with Gasteiger partial charge in [-0.2, -0.15) is 0 Å². The number of piperidine rings is 1. The Balaban J connectivity index is 1.41. The molecule has 0 saturated carbocycles. The Bertz CT molecular complexity index is 757. The van der Waals surface area contributed by atoms with Crippen LogP contribution in [0, 0.1) is 0 Å². The van der Waals surface area contributed by atoms with Gasteiger partial charge >= 0.3 is 6.03 Å². The molecule has 1 aliphatic rings. The van der Waals surface area contributed by atoms with E-state index in [2.05, 4.69) is 15.6 Å². The lowest BCUT2D eigenvalue weighted by molar-refractivity contribution is 0.0918. The first-order valence-electron chi connectivity index (χ1n) is 9.03. The van der Waals surface area contributed by atoms with E-state index in [1.54, 1.807) is 36.4 Å². The monoisotopic (exact) mass is 368 g/mol. The molecule has 1 aromatic heterocycles. The third-order valence-corrected chi connectivity index (χ3v) is 4.60. The van der Waals surface area contributed by atoms with Crippen LogP contribution in [0.25, 0.3) is 0 Å². The number of likely N-dealkylation sites (tertiary alicyclic amines) is 1. The number of benzene rings is 1. The van der Waals surface area contributed by atoms with Gasteiger partial charge in [0.15, 0.2) is 0 Å². The molecule has 1 fully saturated rings. The molecule has 0 unspecified atom stereocenters. The summed E-state index contributed by atoms with van der Waals surface area (Å²) in [6.07, 6.45) is 3.18. The number of carbonyl (C=O) groups is 2. The molecule has 0 bridgehead atoms. The highest BCUT2D eigenvalue weighted by Gasteiger charge is 2.24. The summed E-state index contributed by atoms with van der Waals surface area (Å²) < 4.78 is 5.02. The van der Waals surface area contributed by atoms with Crippen molar-refractivity contribution in [3.63, 3.8) is 0 Å². The minimum absolute atomic E-state index is 0.0643. The van der Waals surface area contributed by atoms with Gasteiger partial charge in [0, 0.05) is 43.5 Å². The number of nitrogens with zero attached hydrogens (tertiary/aromatic N) is 2. The van der Waals surface area contributed by atoms with Gasteiger partial charge in [0.25, 0.3) is 5.91 Å². The van der Waals surface area contributed by atoms with Crippen molar-refractivity contribution in [2.24, 2.45) is 0 Å². The highest BCUT2D eigenvalue weighted by molar-refractivity contribution is 5.94. The summed E-state index contributed by atoms with van der Waals surface area (Å²) >= 11 is 0. The summed E-state index contributed by atoms with van der Waals surface area (Å²) in [5.41, 5.74) is 1.57. The Hall–Kier alpha value is -3.09. The molecular formula is C20H24N4O3. The number of aromatic nitrogens is 1. The van der Waals surface area contributed by atoms with Crippen molar-refractivity contribution in [1.82, 2.24) is 20.5 Å². The molecule has 7 heteroatoms. The Kier molecular flexibility index (Phi) is 6.25. The highest BCUT2D eigenvalue weighted by Crippen LogP contribution is 2.12. The quantitative estimate of drug-likeness (QED) is 0.847.